The molecule has 2 aromatic carbocycles. The second-order valence-electron chi connectivity index (χ2n) is 5.73. The Labute approximate surface area is 135 Å². The maximum Gasteiger partial charge on any atom is 0.326 e. The SMILES string of the molecule is NC(=O)NNCc1ccc(Oc2ccc3c(c2)CCCC3)cc1. The van der Waals surface area contributed by atoms with Crippen LogP contribution in [0.25, 0.3) is 0 Å². The van der Waals surface area contributed by atoms with Crippen molar-refractivity contribution in [1.82, 2.24) is 10.9 Å². The van der Waals surface area contributed by atoms with Crippen molar-refractivity contribution in [2.75, 3.05) is 0 Å². The Morgan fingerprint density at radius 2 is 1.70 bits per heavy atom. The van der Waals surface area contributed by atoms with Crippen LogP contribution < -0.4 is 21.3 Å². The summed E-state index contributed by atoms with van der Waals surface area (Å²) in [6.45, 7) is 0.502. The number of carbonyl (C=O) groups is 1. The Kier molecular flexibility index (Phi) is 4.78. The summed E-state index contributed by atoms with van der Waals surface area (Å²) in [4.78, 5) is 10.6. The third-order valence-electron chi connectivity index (χ3n) is 3.98. The molecule has 0 saturated heterocycles. The summed E-state index contributed by atoms with van der Waals surface area (Å²) in [6, 6.07) is 13.5. The van der Waals surface area contributed by atoms with Gasteiger partial charge in [0.1, 0.15) is 11.5 Å². The van der Waals surface area contributed by atoms with Crippen molar-refractivity contribution in [3.63, 3.8) is 0 Å². The van der Waals surface area contributed by atoms with Gasteiger partial charge in [-0.15, -0.1) is 0 Å². The van der Waals surface area contributed by atoms with Crippen LogP contribution in [0, 0.1) is 0 Å². The van der Waals surface area contributed by atoms with Crippen molar-refractivity contribution in [3.8, 4) is 11.5 Å². The molecule has 0 aliphatic heterocycles. The van der Waals surface area contributed by atoms with Gasteiger partial charge in [-0.1, -0.05) is 18.2 Å². The van der Waals surface area contributed by atoms with E-state index in [0.29, 0.717) is 6.54 Å². The Morgan fingerprint density at radius 3 is 2.43 bits per heavy atom. The highest BCUT2D eigenvalue weighted by Crippen LogP contribution is 2.28. The molecule has 0 heterocycles. The molecule has 0 radical (unpaired) electrons. The van der Waals surface area contributed by atoms with Crippen LogP contribution in [0.3, 0.4) is 0 Å². The molecule has 4 N–H and O–H groups in total. The summed E-state index contributed by atoms with van der Waals surface area (Å²) >= 11 is 0. The van der Waals surface area contributed by atoms with Gasteiger partial charge in [-0.2, -0.15) is 0 Å². The minimum absolute atomic E-state index is 0.502. The number of ether oxygens (including phenoxy) is 1. The summed E-state index contributed by atoms with van der Waals surface area (Å²) in [6.07, 6.45) is 4.87. The normalized spacial score (nSPS) is 13.2. The Morgan fingerprint density at radius 1 is 1.00 bits per heavy atom. The van der Waals surface area contributed by atoms with Crippen molar-refractivity contribution >= 4 is 6.03 Å². The average Bonchev–Trinajstić information content (AvgIpc) is 2.56. The largest absolute Gasteiger partial charge is 0.457 e. The smallest absolute Gasteiger partial charge is 0.326 e. The number of benzene rings is 2. The molecule has 0 bridgehead atoms. The van der Waals surface area contributed by atoms with Crippen LogP contribution in [-0.4, -0.2) is 6.03 Å². The average molecular weight is 311 g/mol. The highest BCUT2D eigenvalue weighted by atomic mass is 16.5. The lowest BCUT2D eigenvalue weighted by Gasteiger charge is -2.16. The molecule has 0 aromatic heterocycles. The predicted octanol–water partition coefficient (Wildman–Crippen LogP) is 3.03. The molecular formula is C18H21N3O2. The van der Waals surface area contributed by atoms with Crippen molar-refractivity contribution in [3.05, 3.63) is 59.2 Å². The zero-order valence-electron chi connectivity index (χ0n) is 13.0. The van der Waals surface area contributed by atoms with Gasteiger partial charge >= 0.3 is 6.03 Å². The number of aryl methyl sites for hydroxylation is 2. The molecule has 23 heavy (non-hydrogen) atoms. The van der Waals surface area contributed by atoms with E-state index >= 15 is 0 Å². The molecular weight excluding hydrogens is 290 g/mol. The second kappa shape index (κ2) is 7.15. The third-order valence-corrected chi connectivity index (χ3v) is 3.98. The number of carbonyl (C=O) groups excluding carboxylic acids is 1. The maximum atomic E-state index is 10.6. The number of hydrogen-bond acceptors (Lipinski definition) is 3. The molecule has 3 rings (SSSR count). The fraction of sp³-hybridized carbons (Fsp3) is 0.278. The molecule has 2 amide bonds. The first-order valence-corrected chi connectivity index (χ1v) is 7.87. The Hall–Kier alpha value is -2.53. The molecule has 0 saturated carbocycles. The van der Waals surface area contributed by atoms with Crippen LogP contribution in [-0.2, 0) is 19.4 Å². The van der Waals surface area contributed by atoms with Crippen molar-refractivity contribution in [1.29, 1.82) is 0 Å². The van der Waals surface area contributed by atoms with E-state index in [0.717, 1.165) is 23.5 Å². The first kappa shape index (κ1) is 15.4. The lowest BCUT2D eigenvalue weighted by molar-refractivity contribution is 0.244. The molecule has 1 aliphatic rings. The number of amides is 2. The lowest BCUT2D eigenvalue weighted by Crippen LogP contribution is -2.40. The Bertz CT molecular complexity index is 683. The van der Waals surface area contributed by atoms with Crippen LogP contribution >= 0.6 is 0 Å². The van der Waals surface area contributed by atoms with Crippen molar-refractivity contribution < 1.29 is 9.53 Å². The molecule has 1 aliphatic carbocycles. The third kappa shape index (κ3) is 4.23. The van der Waals surface area contributed by atoms with E-state index in [-0.39, 0.29) is 0 Å². The minimum Gasteiger partial charge on any atom is -0.457 e. The van der Waals surface area contributed by atoms with Crippen LogP contribution in [0.15, 0.2) is 42.5 Å². The molecule has 5 heteroatoms. The topological polar surface area (TPSA) is 76.4 Å². The molecule has 0 unspecified atom stereocenters. The predicted molar refractivity (Wildman–Crippen MR) is 89.2 cm³/mol. The monoisotopic (exact) mass is 311 g/mol. The molecule has 5 nitrogen and oxygen atoms in total. The van der Waals surface area contributed by atoms with Gasteiger partial charge in [-0.25, -0.2) is 10.2 Å². The standard InChI is InChI=1S/C18H21N3O2/c19-18(22)21-20-12-13-5-8-16(9-6-13)23-17-10-7-14-3-1-2-4-15(14)11-17/h5-11,20H,1-4,12H2,(H3,19,21,22). The van der Waals surface area contributed by atoms with Gasteiger partial charge < -0.3 is 10.5 Å². The van der Waals surface area contributed by atoms with E-state index in [2.05, 4.69) is 23.0 Å². The number of fused-ring (bicyclic) bond motifs is 1. The number of nitrogens with one attached hydrogen (secondary N) is 2. The molecule has 0 fully saturated rings. The van der Waals surface area contributed by atoms with Gasteiger partial charge in [0.15, 0.2) is 0 Å². The van der Waals surface area contributed by atoms with Crippen molar-refractivity contribution in [2.45, 2.75) is 32.2 Å². The number of rotatable bonds is 5. The quantitative estimate of drug-likeness (QED) is 0.743. The zero-order valence-corrected chi connectivity index (χ0v) is 13.0. The van der Waals surface area contributed by atoms with Gasteiger partial charge in [0.2, 0.25) is 0 Å². The van der Waals surface area contributed by atoms with E-state index in [1.165, 1.54) is 30.4 Å². The van der Waals surface area contributed by atoms with Gasteiger partial charge in [0, 0.05) is 6.54 Å². The van der Waals surface area contributed by atoms with Crippen LogP contribution in [0.2, 0.25) is 0 Å². The first-order chi connectivity index (χ1) is 11.2. The maximum absolute atomic E-state index is 10.6. The first-order valence-electron chi connectivity index (χ1n) is 7.87. The summed E-state index contributed by atoms with van der Waals surface area (Å²) in [5.41, 5.74) is 13.9. The molecule has 2 aromatic rings. The fourth-order valence-corrected chi connectivity index (χ4v) is 2.82. The summed E-state index contributed by atoms with van der Waals surface area (Å²) in [5, 5.41) is 0. The summed E-state index contributed by atoms with van der Waals surface area (Å²) in [7, 11) is 0. The second-order valence-corrected chi connectivity index (χ2v) is 5.73. The van der Waals surface area contributed by atoms with Gasteiger partial charge in [0.05, 0.1) is 0 Å². The van der Waals surface area contributed by atoms with E-state index in [1.807, 2.05) is 30.3 Å². The van der Waals surface area contributed by atoms with Gasteiger partial charge in [0.25, 0.3) is 0 Å². The lowest BCUT2D eigenvalue weighted by atomic mass is 9.92. The number of primary amides is 1. The highest BCUT2D eigenvalue weighted by molar-refractivity contribution is 5.70. The molecule has 0 spiro atoms. The Balaban J connectivity index is 1.60. The zero-order chi connectivity index (χ0) is 16.1. The van der Waals surface area contributed by atoms with Crippen LogP contribution in [0.1, 0.15) is 29.5 Å². The van der Waals surface area contributed by atoms with E-state index in [1.54, 1.807) is 0 Å². The number of nitrogens with two attached hydrogens (primary N) is 1. The van der Waals surface area contributed by atoms with Gasteiger partial charge in [-0.05, 0) is 66.6 Å². The van der Waals surface area contributed by atoms with E-state index < -0.39 is 6.03 Å². The van der Waals surface area contributed by atoms with Gasteiger partial charge in [-0.3, -0.25) is 5.43 Å². The summed E-state index contributed by atoms with van der Waals surface area (Å²) in [5.74, 6) is 1.68. The number of hydrazine groups is 1. The summed E-state index contributed by atoms with van der Waals surface area (Å²) < 4.78 is 5.93. The highest BCUT2D eigenvalue weighted by Gasteiger charge is 2.10. The van der Waals surface area contributed by atoms with Crippen molar-refractivity contribution in [2.24, 2.45) is 5.73 Å². The van der Waals surface area contributed by atoms with E-state index in [9.17, 15) is 4.79 Å². The fourth-order valence-electron chi connectivity index (χ4n) is 2.82. The molecule has 120 valence electrons. The van der Waals surface area contributed by atoms with E-state index in [4.69, 9.17) is 10.5 Å². The molecule has 0 atom stereocenters. The van der Waals surface area contributed by atoms with Crippen LogP contribution in [0.4, 0.5) is 4.79 Å². The minimum atomic E-state index is -0.600. The number of urea groups is 1. The van der Waals surface area contributed by atoms with Crippen LogP contribution in [0.5, 0.6) is 11.5 Å². The number of hydrogen-bond donors (Lipinski definition) is 3.